The number of benzene rings is 3. The van der Waals surface area contributed by atoms with Crippen molar-refractivity contribution in [3.05, 3.63) is 100 Å². The molecular formula is C25H20ClFN2O3. The topological polar surface area (TPSA) is 57.7 Å². The van der Waals surface area contributed by atoms with Gasteiger partial charge in [-0.15, -0.1) is 0 Å². The normalized spacial score (nSPS) is 15.8. The summed E-state index contributed by atoms with van der Waals surface area (Å²) in [6.45, 7) is 2.00. The van der Waals surface area contributed by atoms with E-state index in [1.165, 1.54) is 23.1 Å². The molecule has 0 bridgehead atoms. The van der Waals surface area contributed by atoms with E-state index in [4.69, 9.17) is 11.6 Å². The highest BCUT2D eigenvalue weighted by atomic mass is 35.5. The van der Waals surface area contributed by atoms with Crippen LogP contribution in [-0.4, -0.2) is 28.7 Å². The molecule has 0 saturated carbocycles. The summed E-state index contributed by atoms with van der Waals surface area (Å²) in [6, 6.07) is 18.3. The highest BCUT2D eigenvalue weighted by Crippen LogP contribution is 2.29. The van der Waals surface area contributed by atoms with Gasteiger partial charge in [0.15, 0.2) is 0 Å². The van der Waals surface area contributed by atoms with E-state index in [1.807, 2.05) is 31.2 Å². The first-order chi connectivity index (χ1) is 15.3. The van der Waals surface area contributed by atoms with Gasteiger partial charge in [-0.3, -0.25) is 14.4 Å². The van der Waals surface area contributed by atoms with Crippen molar-refractivity contribution in [2.75, 3.05) is 4.90 Å². The van der Waals surface area contributed by atoms with Crippen LogP contribution in [0.2, 0.25) is 5.02 Å². The summed E-state index contributed by atoms with van der Waals surface area (Å²) >= 11 is 5.92. The minimum Gasteiger partial charge on any atom is -0.322 e. The Morgan fingerprint density at radius 1 is 1.03 bits per heavy atom. The smallest absolute Gasteiger partial charge is 0.257 e. The lowest BCUT2D eigenvalue weighted by atomic mass is 10.1. The van der Waals surface area contributed by atoms with Crippen LogP contribution in [0.15, 0.2) is 72.8 Å². The Labute approximate surface area is 190 Å². The van der Waals surface area contributed by atoms with Gasteiger partial charge in [0.05, 0.1) is 17.7 Å². The largest absolute Gasteiger partial charge is 0.322 e. The average molecular weight is 451 g/mol. The Morgan fingerprint density at radius 2 is 1.69 bits per heavy atom. The summed E-state index contributed by atoms with van der Waals surface area (Å²) in [4.78, 5) is 41.7. The number of rotatable bonds is 5. The van der Waals surface area contributed by atoms with E-state index in [9.17, 15) is 18.8 Å². The van der Waals surface area contributed by atoms with E-state index < -0.39 is 29.6 Å². The predicted octanol–water partition coefficient (Wildman–Crippen LogP) is 4.76. The van der Waals surface area contributed by atoms with Crippen molar-refractivity contribution in [1.82, 2.24) is 4.90 Å². The molecule has 0 radical (unpaired) electrons. The average Bonchev–Trinajstić information content (AvgIpc) is 3.07. The summed E-state index contributed by atoms with van der Waals surface area (Å²) in [6.07, 6.45) is -0.187. The zero-order valence-electron chi connectivity index (χ0n) is 17.3. The highest BCUT2D eigenvalue weighted by Gasteiger charge is 2.44. The van der Waals surface area contributed by atoms with Crippen molar-refractivity contribution < 1.29 is 18.8 Å². The molecular weight excluding hydrogens is 431 g/mol. The van der Waals surface area contributed by atoms with Gasteiger partial charge in [-0.25, -0.2) is 9.29 Å². The molecule has 1 aliphatic rings. The monoisotopic (exact) mass is 450 g/mol. The van der Waals surface area contributed by atoms with E-state index in [-0.39, 0.29) is 18.5 Å². The van der Waals surface area contributed by atoms with Gasteiger partial charge in [-0.05, 0) is 48.9 Å². The standard InChI is InChI=1S/C25H20ClFN2O3/c1-16-6-8-17(9-7-16)15-28(24(31)20-4-2-3-5-21(20)27)22-14-23(30)29(25(22)32)19-12-10-18(26)11-13-19/h2-13,22H,14-15H2,1H3. The number of aryl methyl sites for hydroxylation is 1. The van der Waals surface area contributed by atoms with Crippen LogP contribution >= 0.6 is 11.6 Å². The van der Waals surface area contributed by atoms with Gasteiger partial charge in [0.1, 0.15) is 11.9 Å². The fraction of sp³-hybridized carbons (Fsp3) is 0.160. The van der Waals surface area contributed by atoms with Crippen LogP contribution in [-0.2, 0) is 16.1 Å². The maximum atomic E-state index is 14.4. The fourth-order valence-electron chi connectivity index (χ4n) is 3.72. The number of anilines is 1. The van der Waals surface area contributed by atoms with Crippen molar-refractivity contribution >= 4 is 35.0 Å². The van der Waals surface area contributed by atoms with Gasteiger partial charge in [0, 0.05) is 11.6 Å². The SMILES string of the molecule is Cc1ccc(CN(C(=O)c2ccccc2F)C2CC(=O)N(c3ccc(Cl)cc3)C2=O)cc1. The van der Waals surface area contributed by atoms with Crippen LogP contribution in [0.4, 0.5) is 10.1 Å². The second kappa shape index (κ2) is 8.93. The molecule has 4 rings (SSSR count). The zero-order valence-corrected chi connectivity index (χ0v) is 18.1. The van der Waals surface area contributed by atoms with Gasteiger partial charge in [-0.1, -0.05) is 53.6 Å². The van der Waals surface area contributed by atoms with Crippen molar-refractivity contribution in [1.29, 1.82) is 0 Å². The third kappa shape index (κ3) is 4.27. The lowest BCUT2D eigenvalue weighted by Crippen LogP contribution is -2.45. The van der Waals surface area contributed by atoms with Crippen LogP contribution in [0.1, 0.15) is 27.9 Å². The van der Waals surface area contributed by atoms with Gasteiger partial charge < -0.3 is 4.90 Å². The number of hydrogen-bond donors (Lipinski definition) is 0. The van der Waals surface area contributed by atoms with Gasteiger partial charge in [0.25, 0.3) is 11.8 Å². The zero-order chi connectivity index (χ0) is 22.8. The van der Waals surface area contributed by atoms with E-state index in [1.54, 1.807) is 30.3 Å². The van der Waals surface area contributed by atoms with E-state index in [0.29, 0.717) is 10.7 Å². The van der Waals surface area contributed by atoms with Gasteiger partial charge >= 0.3 is 0 Å². The molecule has 1 unspecified atom stereocenters. The van der Waals surface area contributed by atoms with Gasteiger partial charge in [-0.2, -0.15) is 0 Å². The van der Waals surface area contributed by atoms with Crippen LogP contribution in [0, 0.1) is 12.7 Å². The molecule has 1 aliphatic heterocycles. The molecule has 3 amide bonds. The number of amides is 3. The maximum absolute atomic E-state index is 14.4. The number of halogens is 2. The summed E-state index contributed by atoms with van der Waals surface area (Å²) in [5, 5.41) is 0.472. The lowest BCUT2D eigenvalue weighted by molar-refractivity contribution is -0.122. The predicted molar refractivity (Wildman–Crippen MR) is 120 cm³/mol. The molecule has 1 atom stereocenters. The first-order valence-corrected chi connectivity index (χ1v) is 10.5. The highest BCUT2D eigenvalue weighted by molar-refractivity contribution is 6.31. The molecule has 162 valence electrons. The summed E-state index contributed by atoms with van der Waals surface area (Å²) in [5.41, 5.74) is 2.04. The minimum atomic E-state index is -1.05. The van der Waals surface area contributed by atoms with Crippen molar-refractivity contribution in [2.45, 2.75) is 25.9 Å². The van der Waals surface area contributed by atoms with Crippen molar-refractivity contribution in [2.24, 2.45) is 0 Å². The Balaban J connectivity index is 1.70. The van der Waals surface area contributed by atoms with Gasteiger partial charge in [0.2, 0.25) is 5.91 Å². The summed E-state index contributed by atoms with van der Waals surface area (Å²) < 4.78 is 14.4. The van der Waals surface area contributed by atoms with Crippen LogP contribution in [0.3, 0.4) is 0 Å². The molecule has 1 fully saturated rings. The van der Waals surface area contributed by atoms with Crippen LogP contribution in [0.25, 0.3) is 0 Å². The second-order valence-corrected chi connectivity index (χ2v) is 8.10. The molecule has 32 heavy (non-hydrogen) atoms. The second-order valence-electron chi connectivity index (χ2n) is 7.66. The Morgan fingerprint density at radius 3 is 2.34 bits per heavy atom. The Hall–Kier alpha value is -3.51. The molecule has 3 aromatic carbocycles. The van der Waals surface area contributed by atoms with Crippen LogP contribution < -0.4 is 4.90 Å². The number of nitrogens with zero attached hydrogens (tertiary/aromatic N) is 2. The first kappa shape index (κ1) is 21.7. The lowest BCUT2D eigenvalue weighted by Gasteiger charge is -2.28. The first-order valence-electron chi connectivity index (χ1n) is 10.1. The number of carbonyl (C=O) groups is 3. The molecule has 5 nitrogen and oxygen atoms in total. The fourth-order valence-corrected chi connectivity index (χ4v) is 3.85. The maximum Gasteiger partial charge on any atom is 0.257 e. The molecule has 1 saturated heterocycles. The molecule has 0 spiro atoms. The van der Waals surface area contributed by atoms with Crippen molar-refractivity contribution in [3.8, 4) is 0 Å². The van der Waals surface area contributed by atoms with Crippen LogP contribution in [0.5, 0.6) is 0 Å². The van der Waals surface area contributed by atoms with E-state index in [2.05, 4.69) is 0 Å². The Bertz CT molecular complexity index is 1180. The molecule has 3 aromatic rings. The number of hydrogen-bond acceptors (Lipinski definition) is 3. The summed E-state index contributed by atoms with van der Waals surface area (Å²) in [5.74, 6) is -2.29. The summed E-state index contributed by atoms with van der Waals surface area (Å²) in [7, 11) is 0. The van der Waals surface area contributed by atoms with Crippen molar-refractivity contribution in [3.63, 3.8) is 0 Å². The quantitative estimate of drug-likeness (QED) is 0.526. The Kier molecular flexibility index (Phi) is 6.06. The molecule has 0 N–H and O–H groups in total. The molecule has 0 aromatic heterocycles. The number of carbonyl (C=O) groups excluding carboxylic acids is 3. The minimum absolute atomic E-state index is 0.0611. The third-order valence-electron chi connectivity index (χ3n) is 5.42. The third-order valence-corrected chi connectivity index (χ3v) is 5.67. The molecule has 1 heterocycles. The molecule has 7 heteroatoms. The molecule has 0 aliphatic carbocycles. The van der Waals surface area contributed by atoms with E-state index >= 15 is 0 Å². The van der Waals surface area contributed by atoms with E-state index in [0.717, 1.165) is 16.0 Å². The number of imide groups is 1.